The molecule has 168 valence electrons. The number of nitrogens with one attached hydrogen (secondary N) is 1. The first-order valence-corrected chi connectivity index (χ1v) is 11.2. The minimum atomic E-state index is -4.07. The summed E-state index contributed by atoms with van der Waals surface area (Å²) < 4.78 is 52.6. The molecule has 3 rings (SSSR count). The summed E-state index contributed by atoms with van der Waals surface area (Å²) in [5, 5.41) is 2.60. The molecule has 1 aliphatic heterocycles. The average Bonchev–Trinajstić information content (AvgIpc) is 2.66. The number of halogens is 1. The lowest BCUT2D eigenvalue weighted by molar-refractivity contribution is 0.0636. The smallest absolute Gasteiger partial charge is 0.412 e. The highest BCUT2D eigenvalue weighted by atomic mass is 32.2. The maximum absolute atomic E-state index is 13.4. The van der Waals surface area contributed by atoms with Crippen LogP contribution in [-0.2, 0) is 14.8 Å². The summed E-state index contributed by atoms with van der Waals surface area (Å²) in [5.74, 6) is -0.243. The van der Waals surface area contributed by atoms with Gasteiger partial charge in [0.15, 0.2) is 0 Å². The molecule has 2 atom stereocenters. The number of rotatable bonds is 4. The van der Waals surface area contributed by atoms with Crippen molar-refractivity contribution in [2.24, 2.45) is 5.73 Å². The summed E-state index contributed by atoms with van der Waals surface area (Å²) in [6.45, 7) is 6.97. The van der Waals surface area contributed by atoms with Crippen LogP contribution in [0.25, 0.3) is 0 Å². The number of ether oxygens (including phenoxy) is 2. The number of carbonyl (C=O) groups excluding carboxylic acids is 1. The van der Waals surface area contributed by atoms with Crippen molar-refractivity contribution in [1.82, 2.24) is 0 Å². The van der Waals surface area contributed by atoms with E-state index in [1.165, 1.54) is 22.5 Å². The van der Waals surface area contributed by atoms with E-state index in [0.29, 0.717) is 11.4 Å². The van der Waals surface area contributed by atoms with Crippen LogP contribution >= 0.6 is 0 Å². The highest BCUT2D eigenvalue weighted by molar-refractivity contribution is 7.92. The first-order chi connectivity index (χ1) is 14.4. The van der Waals surface area contributed by atoms with Gasteiger partial charge >= 0.3 is 6.09 Å². The van der Waals surface area contributed by atoms with Crippen LogP contribution in [0.3, 0.4) is 0 Å². The molecule has 1 unspecified atom stereocenters. The van der Waals surface area contributed by atoms with Crippen molar-refractivity contribution in [3.8, 4) is 5.75 Å². The van der Waals surface area contributed by atoms with Gasteiger partial charge in [-0.15, -0.1) is 0 Å². The average molecular weight is 452 g/mol. The molecule has 1 amide bonds. The number of nitrogens with zero attached hydrogens (tertiary/aromatic N) is 1. The van der Waals surface area contributed by atoms with Crippen molar-refractivity contribution in [2.75, 3.05) is 16.2 Å². The van der Waals surface area contributed by atoms with Crippen molar-refractivity contribution in [1.29, 1.82) is 0 Å². The molecule has 8 nitrogen and oxygen atoms in total. The Morgan fingerprint density at radius 3 is 2.45 bits per heavy atom. The molecule has 1 heterocycles. The number of anilines is 2. The predicted octanol–water partition coefficient (Wildman–Crippen LogP) is 3.48. The van der Waals surface area contributed by atoms with Crippen molar-refractivity contribution in [3.63, 3.8) is 0 Å². The molecule has 2 aromatic rings. The Labute approximate surface area is 181 Å². The topological polar surface area (TPSA) is 111 Å². The van der Waals surface area contributed by atoms with E-state index in [9.17, 15) is 17.6 Å². The van der Waals surface area contributed by atoms with Gasteiger partial charge in [0.2, 0.25) is 0 Å². The summed E-state index contributed by atoms with van der Waals surface area (Å²) >= 11 is 0. The number of sulfonamides is 1. The SMILES string of the molecule is C[C@H]1C(CN)Oc2ccc(NC(=O)OC(C)(C)C)cc2N1S(=O)(=O)c1ccc(F)cc1. The maximum atomic E-state index is 13.4. The van der Waals surface area contributed by atoms with Crippen LogP contribution in [0.2, 0.25) is 0 Å². The predicted molar refractivity (Wildman–Crippen MR) is 115 cm³/mol. The van der Waals surface area contributed by atoms with Gasteiger partial charge in [0.05, 0.1) is 16.6 Å². The zero-order valence-electron chi connectivity index (χ0n) is 17.8. The van der Waals surface area contributed by atoms with Crippen LogP contribution in [-0.4, -0.2) is 38.8 Å². The Morgan fingerprint density at radius 2 is 1.87 bits per heavy atom. The molecule has 10 heteroatoms. The summed E-state index contributed by atoms with van der Waals surface area (Å²) in [6.07, 6.45) is -1.27. The minimum Gasteiger partial charge on any atom is -0.485 e. The van der Waals surface area contributed by atoms with Gasteiger partial charge in [-0.05, 0) is 70.2 Å². The second kappa shape index (κ2) is 8.35. The highest BCUT2D eigenvalue weighted by Gasteiger charge is 2.40. The minimum absolute atomic E-state index is 0.0742. The van der Waals surface area contributed by atoms with Gasteiger partial charge in [0.25, 0.3) is 10.0 Å². The van der Waals surface area contributed by atoms with E-state index in [1.807, 2.05) is 0 Å². The van der Waals surface area contributed by atoms with Gasteiger partial charge in [-0.3, -0.25) is 9.62 Å². The first kappa shape index (κ1) is 22.8. The first-order valence-electron chi connectivity index (χ1n) is 9.73. The van der Waals surface area contributed by atoms with E-state index in [2.05, 4.69) is 5.32 Å². The molecule has 0 saturated carbocycles. The normalized spacial score (nSPS) is 18.7. The maximum Gasteiger partial charge on any atom is 0.412 e. The molecule has 0 radical (unpaired) electrons. The van der Waals surface area contributed by atoms with Crippen LogP contribution in [0.4, 0.5) is 20.6 Å². The standard InChI is InChI=1S/C21H26FN3O5S/c1-13-19(12-23)29-18-10-7-15(24-20(26)30-21(2,3)4)11-17(18)25(13)31(27,28)16-8-5-14(22)6-9-16/h5-11,13,19H,12,23H2,1-4H3,(H,24,26)/t13-,19?/m0/s1. The van der Waals surface area contributed by atoms with Crippen molar-refractivity contribution >= 4 is 27.5 Å². The fourth-order valence-electron chi connectivity index (χ4n) is 3.23. The summed E-state index contributed by atoms with van der Waals surface area (Å²) in [7, 11) is -4.07. The molecule has 0 aliphatic carbocycles. The Hall–Kier alpha value is -2.85. The Kier molecular flexibility index (Phi) is 6.15. The number of carbonyl (C=O) groups is 1. The van der Waals surface area contributed by atoms with Crippen LogP contribution in [0.15, 0.2) is 47.4 Å². The van der Waals surface area contributed by atoms with Crippen LogP contribution in [0.1, 0.15) is 27.7 Å². The van der Waals surface area contributed by atoms with E-state index < -0.39 is 39.7 Å². The van der Waals surface area contributed by atoms with E-state index in [4.69, 9.17) is 15.2 Å². The second-order valence-corrected chi connectivity index (χ2v) is 10.0. The molecule has 3 N–H and O–H groups in total. The third-order valence-corrected chi connectivity index (χ3v) is 6.55. The van der Waals surface area contributed by atoms with E-state index in [0.717, 1.165) is 12.1 Å². The van der Waals surface area contributed by atoms with Crippen LogP contribution in [0.5, 0.6) is 5.75 Å². The molecule has 0 fully saturated rings. The zero-order valence-corrected chi connectivity index (χ0v) is 18.6. The fraction of sp³-hybridized carbons (Fsp3) is 0.381. The molecule has 0 saturated heterocycles. The lowest BCUT2D eigenvalue weighted by Crippen LogP contribution is -2.53. The van der Waals surface area contributed by atoms with Gasteiger partial charge in [0.1, 0.15) is 23.3 Å². The van der Waals surface area contributed by atoms with Gasteiger partial charge in [-0.25, -0.2) is 17.6 Å². The van der Waals surface area contributed by atoms with Crippen molar-refractivity contribution in [3.05, 3.63) is 48.3 Å². The molecule has 2 aromatic carbocycles. The van der Waals surface area contributed by atoms with Crippen molar-refractivity contribution < 1.29 is 27.1 Å². The van der Waals surface area contributed by atoms with Crippen LogP contribution < -0.4 is 20.1 Å². The monoisotopic (exact) mass is 451 g/mol. The molecule has 31 heavy (non-hydrogen) atoms. The third kappa shape index (κ3) is 4.91. The van der Waals surface area contributed by atoms with Gasteiger partial charge < -0.3 is 15.2 Å². The lowest BCUT2D eigenvalue weighted by Gasteiger charge is -2.40. The number of hydrogen-bond acceptors (Lipinski definition) is 6. The lowest BCUT2D eigenvalue weighted by atomic mass is 10.1. The third-order valence-electron chi connectivity index (χ3n) is 4.63. The van der Waals surface area contributed by atoms with Gasteiger partial charge in [-0.1, -0.05) is 0 Å². The quantitative estimate of drug-likeness (QED) is 0.736. The summed E-state index contributed by atoms with van der Waals surface area (Å²) in [5.41, 5.74) is 5.67. The fourth-order valence-corrected chi connectivity index (χ4v) is 4.92. The van der Waals surface area contributed by atoms with Gasteiger partial charge in [-0.2, -0.15) is 0 Å². The Balaban J connectivity index is 2.04. The van der Waals surface area contributed by atoms with Crippen molar-refractivity contribution in [2.45, 2.75) is 50.3 Å². The molecular formula is C21H26FN3O5S. The number of nitrogens with two attached hydrogens (primary N) is 1. The molecule has 0 bridgehead atoms. The van der Waals surface area contributed by atoms with E-state index in [1.54, 1.807) is 39.8 Å². The largest absolute Gasteiger partial charge is 0.485 e. The Morgan fingerprint density at radius 1 is 1.23 bits per heavy atom. The Bertz CT molecular complexity index is 1070. The number of amides is 1. The number of benzene rings is 2. The molecular weight excluding hydrogens is 425 g/mol. The van der Waals surface area contributed by atoms with Gasteiger partial charge in [0, 0.05) is 12.2 Å². The van der Waals surface area contributed by atoms with E-state index in [-0.39, 0.29) is 17.1 Å². The number of fused-ring (bicyclic) bond motifs is 1. The molecule has 0 spiro atoms. The van der Waals surface area contributed by atoms with E-state index >= 15 is 0 Å². The van der Waals surface area contributed by atoms with Crippen LogP contribution in [0, 0.1) is 5.82 Å². The molecule has 1 aliphatic rings. The molecule has 0 aromatic heterocycles. The number of hydrogen-bond donors (Lipinski definition) is 2. The summed E-state index contributed by atoms with van der Waals surface area (Å²) in [6, 6.07) is 8.55. The highest BCUT2D eigenvalue weighted by Crippen LogP contribution is 2.41. The summed E-state index contributed by atoms with van der Waals surface area (Å²) in [4.78, 5) is 12.1. The zero-order chi connectivity index (χ0) is 23.0. The second-order valence-electron chi connectivity index (χ2n) is 8.20.